The van der Waals surface area contributed by atoms with E-state index in [2.05, 4.69) is 34.4 Å². The maximum atomic E-state index is 11.0. The van der Waals surface area contributed by atoms with Crippen LogP contribution in [0, 0.1) is 10.1 Å². The highest BCUT2D eigenvalue weighted by Gasteiger charge is 2.10. The fourth-order valence-electron chi connectivity index (χ4n) is 2.65. The molecule has 1 aromatic heterocycles. The molecule has 0 fully saturated rings. The summed E-state index contributed by atoms with van der Waals surface area (Å²) in [6.45, 7) is 4.60. The van der Waals surface area contributed by atoms with Crippen LogP contribution in [0.4, 0.5) is 17.5 Å². The summed E-state index contributed by atoms with van der Waals surface area (Å²) in [5.74, 6) is 1.21. The Kier molecular flexibility index (Phi) is 6.16. The third kappa shape index (κ3) is 5.03. The molecule has 3 aromatic rings. The number of hydrogen-bond acceptors (Lipinski definition) is 6. The second-order valence-electron chi connectivity index (χ2n) is 6.56. The molecule has 0 aliphatic rings. The molecule has 7 heteroatoms. The third-order valence-corrected chi connectivity index (χ3v) is 4.38. The van der Waals surface area contributed by atoms with Gasteiger partial charge in [0.25, 0.3) is 5.69 Å². The van der Waals surface area contributed by atoms with Crippen LogP contribution in [0.3, 0.4) is 0 Å². The third-order valence-electron chi connectivity index (χ3n) is 4.38. The minimum atomic E-state index is -0.393. The molecule has 2 aromatic carbocycles. The predicted octanol–water partition coefficient (Wildman–Crippen LogP) is 4.87. The van der Waals surface area contributed by atoms with E-state index in [0.29, 0.717) is 18.3 Å². The molecule has 0 bridgehead atoms. The van der Waals surface area contributed by atoms with Crippen LogP contribution in [0.25, 0.3) is 11.3 Å². The molecule has 0 aliphatic carbocycles. The SMILES string of the molecule is CC[C@@H](C)Nc1nc(NCc2cccc([N+](=O)[O-])c2)cc(-c2ccccc2)n1. The number of anilines is 2. The second kappa shape index (κ2) is 8.94. The summed E-state index contributed by atoms with van der Waals surface area (Å²) >= 11 is 0. The summed E-state index contributed by atoms with van der Waals surface area (Å²) in [5.41, 5.74) is 2.69. The lowest BCUT2D eigenvalue weighted by Gasteiger charge is -2.14. The summed E-state index contributed by atoms with van der Waals surface area (Å²) in [5, 5.41) is 17.5. The zero-order valence-corrected chi connectivity index (χ0v) is 15.9. The minimum Gasteiger partial charge on any atom is -0.366 e. The van der Waals surface area contributed by atoms with Crippen molar-refractivity contribution in [3.8, 4) is 11.3 Å². The Hall–Kier alpha value is -3.48. The smallest absolute Gasteiger partial charge is 0.269 e. The molecule has 144 valence electrons. The molecule has 3 rings (SSSR count). The summed E-state index contributed by atoms with van der Waals surface area (Å²) in [4.78, 5) is 19.8. The minimum absolute atomic E-state index is 0.0751. The zero-order valence-electron chi connectivity index (χ0n) is 15.9. The van der Waals surface area contributed by atoms with Gasteiger partial charge in [0.2, 0.25) is 5.95 Å². The number of nitrogens with zero attached hydrogens (tertiary/aromatic N) is 3. The summed E-state index contributed by atoms with van der Waals surface area (Å²) in [6, 6.07) is 18.6. The lowest BCUT2D eigenvalue weighted by Crippen LogP contribution is -2.16. The van der Waals surface area contributed by atoms with Gasteiger partial charge in [0, 0.05) is 36.3 Å². The Bertz CT molecular complexity index is 947. The van der Waals surface area contributed by atoms with Gasteiger partial charge in [-0.3, -0.25) is 10.1 Å². The second-order valence-corrected chi connectivity index (χ2v) is 6.56. The van der Waals surface area contributed by atoms with Gasteiger partial charge in [-0.15, -0.1) is 0 Å². The van der Waals surface area contributed by atoms with Gasteiger partial charge >= 0.3 is 0 Å². The molecule has 7 nitrogen and oxygen atoms in total. The van der Waals surface area contributed by atoms with Crippen LogP contribution >= 0.6 is 0 Å². The van der Waals surface area contributed by atoms with Crippen molar-refractivity contribution in [3.63, 3.8) is 0 Å². The van der Waals surface area contributed by atoms with E-state index in [-0.39, 0.29) is 11.7 Å². The van der Waals surface area contributed by atoms with Gasteiger partial charge in [-0.05, 0) is 18.9 Å². The first-order valence-corrected chi connectivity index (χ1v) is 9.23. The fourth-order valence-corrected chi connectivity index (χ4v) is 2.65. The van der Waals surface area contributed by atoms with Crippen LogP contribution in [-0.2, 0) is 6.54 Å². The van der Waals surface area contributed by atoms with Crippen molar-refractivity contribution in [1.29, 1.82) is 0 Å². The van der Waals surface area contributed by atoms with Crippen LogP contribution in [-0.4, -0.2) is 20.9 Å². The highest BCUT2D eigenvalue weighted by molar-refractivity contribution is 5.64. The van der Waals surface area contributed by atoms with E-state index in [1.54, 1.807) is 12.1 Å². The van der Waals surface area contributed by atoms with E-state index in [4.69, 9.17) is 0 Å². The molecule has 0 aliphatic heterocycles. The van der Waals surface area contributed by atoms with E-state index < -0.39 is 4.92 Å². The van der Waals surface area contributed by atoms with E-state index >= 15 is 0 Å². The number of non-ortho nitro benzene ring substituents is 1. The van der Waals surface area contributed by atoms with Crippen molar-refractivity contribution in [1.82, 2.24) is 9.97 Å². The first-order valence-electron chi connectivity index (χ1n) is 9.23. The zero-order chi connectivity index (χ0) is 19.9. The first kappa shape index (κ1) is 19.3. The molecule has 0 spiro atoms. The normalized spacial score (nSPS) is 11.6. The summed E-state index contributed by atoms with van der Waals surface area (Å²) in [7, 11) is 0. The predicted molar refractivity (Wildman–Crippen MR) is 111 cm³/mol. The molecule has 0 saturated carbocycles. The highest BCUT2D eigenvalue weighted by Crippen LogP contribution is 2.22. The Morgan fingerprint density at radius 2 is 1.86 bits per heavy atom. The van der Waals surface area contributed by atoms with Crippen molar-refractivity contribution in [2.75, 3.05) is 10.6 Å². The van der Waals surface area contributed by atoms with E-state index in [1.165, 1.54) is 6.07 Å². The monoisotopic (exact) mass is 377 g/mol. The van der Waals surface area contributed by atoms with Crippen LogP contribution in [0.15, 0.2) is 60.7 Å². The van der Waals surface area contributed by atoms with Gasteiger partial charge in [0.1, 0.15) is 5.82 Å². The van der Waals surface area contributed by atoms with Crippen LogP contribution in [0.1, 0.15) is 25.8 Å². The maximum Gasteiger partial charge on any atom is 0.269 e. The highest BCUT2D eigenvalue weighted by atomic mass is 16.6. The Morgan fingerprint density at radius 3 is 2.57 bits per heavy atom. The number of aromatic nitrogens is 2. The van der Waals surface area contributed by atoms with Gasteiger partial charge in [-0.2, -0.15) is 4.98 Å². The summed E-state index contributed by atoms with van der Waals surface area (Å²) in [6.07, 6.45) is 0.954. The van der Waals surface area contributed by atoms with Crippen molar-refractivity contribution in [2.24, 2.45) is 0 Å². The number of nitro groups is 1. The lowest BCUT2D eigenvalue weighted by atomic mass is 10.1. The number of benzene rings is 2. The van der Waals surface area contributed by atoms with Crippen LogP contribution in [0.2, 0.25) is 0 Å². The molecule has 0 amide bonds. The Morgan fingerprint density at radius 1 is 1.07 bits per heavy atom. The van der Waals surface area contributed by atoms with E-state index in [9.17, 15) is 10.1 Å². The van der Waals surface area contributed by atoms with Crippen LogP contribution < -0.4 is 10.6 Å². The van der Waals surface area contributed by atoms with E-state index in [0.717, 1.165) is 23.2 Å². The van der Waals surface area contributed by atoms with Crippen LogP contribution in [0.5, 0.6) is 0 Å². The Labute approximate surface area is 164 Å². The quantitative estimate of drug-likeness (QED) is 0.429. The molecular formula is C21H23N5O2. The van der Waals surface area contributed by atoms with Gasteiger partial charge in [-0.1, -0.05) is 49.4 Å². The fraction of sp³-hybridized carbons (Fsp3) is 0.238. The van der Waals surface area contributed by atoms with Gasteiger partial charge < -0.3 is 10.6 Å². The maximum absolute atomic E-state index is 11.0. The number of hydrogen-bond donors (Lipinski definition) is 2. The van der Waals surface area contributed by atoms with Gasteiger partial charge in [0.15, 0.2) is 0 Å². The number of rotatable bonds is 8. The van der Waals surface area contributed by atoms with Crippen molar-refractivity contribution < 1.29 is 4.92 Å². The van der Waals surface area contributed by atoms with Crippen molar-refractivity contribution >= 4 is 17.5 Å². The molecule has 28 heavy (non-hydrogen) atoms. The number of nitro benzene ring substituents is 1. The van der Waals surface area contributed by atoms with Crippen molar-refractivity contribution in [2.45, 2.75) is 32.9 Å². The average Bonchev–Trinajstić information content (AvgIpc) is 2.73. The summed E-state index contributed by atoms with van der Waals surface area (Å²) < 4.78 is 0. The van der Waals surface area contributed by atoms with Gasteiger partial charge in [0.05, 0.1) is 10.6 Å². The topological polar surface area (TPSA) is 93.0 Å². The largest absolute Gasteiger partial charge is 0.366 e. The lowest BCUT2D eigenvalue weighted by molar-refractivity contribution is -0.384. The average molecular weight is 377 g/mol. The first-order chi connectivity index (χ1) is 13.5. The molecule has 1 atom stereocenters. The van der Waals surface area contributed by atoms with Crippen molar-refractivity contribution in [3.05, 3.63) is 76.3 Å². The van der Waals surface area contributed by atoms with E-state index in [1.807, 2.05) is 42.5 Å². The molecular weight excluding hydrogens is 354 g/mol. The number of nitrogens with one attached hydrogen (secondary N) is 2. The molecule has 1 heterocycles. The standard InChI is InChI=1S/C21H23N5O2/c1-3-15(2)23-21-24-19(17-9-5-4-6-10-17)13-20(25-21)22-14-16-8-7-11-18(12-16)26(27)28/h4-13,15H,3,14H2,1-2H3,(H2,22,23,24,25)/t15-/m1/s1. The van der Waals surface area contributed by atoms with Gasteiger partial charge in [-0.25, -0.2) is 4.98 Å². The molecule has 0 radical (unpaired) electrons. The molecule has 2 N–H and O–H groups in total. The molecule has 0 saturated heterocycles. The Balaban J connectivity index is 1.85. The molecule has 0 unspecified atom stereocenters.